The molecule has 196 valence electrons. The fraction of sp³-hybridized carbons (Fsp3) is 0.435. The minimum absolute atomic E-state index is 0.0147. The normalized spacial score (nSPS) is 13.3. The Bertz CT molecular complexity index is 997. The van der Waals surface area contributed by atoms with E-state index in [0.717, 1.165) is 6.42 Å². The van der Waals surface area contributed by atoms with Gasteiger partial charge in [-0.05, 0) is 37.1 Å². The predicted molar refractivity (Wildman–Crippen MR) is 129 cm³/mol. The largest absolute Gasteiger partial charge is 0.508 e. The van der Waals surface area contributed by atoms with Crippen LogP contribution in [0.3, 0.4) is 0 Å². The third kappa shape index (κ3) is 9.72. The number of phenols is 1. The Morgan fingerprint density at radius 1 is 1.00 bits per heavy atom. The van der Waals surface area contributed by atoms with Gasteiger partial charge < -0.3 is 42.6 Å². The zero-order valence-electron chi connectivity index (χ0n) is 19.8. The number of hydrogen-bond donors (Lipinski definition) is 8. The van der Waals surface area contributed by atoms with Crippen molar-refractivity contribution in [1.82, 2.24) is 25.9 Å². The summed E-state index contributed by atoms with van der Waals surface area (Å²) in [5.41, 5.74) is 12.4. The molecule has 3 unspecified atom stereocenters. The van der Waals surface area contributed by atoms with Crippen LogP contribution in [-0.2, 0) is 32.0 Å². The number of aromatic hydroxyl groups is 1. The zero-order chi connectivity index (χ0) is 26.5. The second kappa shape index (κ2) is 14.4. The Hall–Kier alpha value is -3.97. The number of aromatic amines is 1. The summed E-state index contributed by atoms with van der Waals surface area (Å²) in [6, 6.07) is 2.78. The van der Waals surface area contributed by atoms with Crippen LogP contribution in [0.5, 0.6) is 5.75 Å². The molecular weight excluding hydrogens is 470 g/mol. The van der Waals surface area contributed by atoms with Crippen LogP contribution in [0.15, 0.2) is 36.8 Å². The maximum absolute atomic E-state index is 13.0. The van der Waals surface area contributed by atoms with E-state index in [1.807, 2.05) is 0 Å². The number of rotatable bonds is 15. The minimum Gasteiger partial charge on any atom is -0.508 e. The van der Waals surface area contributed by atoms with Gasteiger partial charge in [-0.25, -0.2) is 9.78 Å². The number of carbonyl (C=O) groups excluding carboxylic acids is 3. The smallest absolute Gasteiger partial charge is 0.326 e. The lowest BCUT2D eigenvalue weighted by molar-refractivity contribution is -0.142. The van der Waals surface area contributed by atoms with Gasteiger partial charge in [-0.15, -0.1) is 0 Å². The molecule has 1 aromatic carbocycles. The number of aromatic nitrogens is 2. The Balaban J connectivity index is 2.03. The molecule has 36 heavy (non-hydrogen) atoms. The van der Waals surface area contributed by atoms with Gasteiger partial charge in [0.15, 0.2) is 0 Å². The predicted octanol–water partition coefficient (Wildman–Crippen LogP) is -1.47. The maximum Gasteiger partial charge on any atom is 0.326 e. The molecular formula is C23H33N7O6. The van der Waals surface area contributed by atoms with E-state index in [1.165, 1.54) is 24.7 Å². The number of benzene rings is 1. The number of aliphatic carboxylic acids is 1. The Labute approximate surface area is 208 Å². The Kier molecular flexibility index (Phi) is 11.3. The third-order valence-corrected chi connectivity index (χ3v) is 5.35. The molecule has 0 bridgehead atoms. The van der Waals surface area contributed by atoms with E-state index < -0.39 is 48.4 Å². The fourth-order valence-electron chi connectivity index (χ4n) is 3.35. The summed E-state index contributed by atoms with van der Waals surface area (Å²) in [6.45, 7) is 0.0745. The van der Waals surface area contributed by atoms with E-state index in [-0.39, 0.29) is 18.6 Å². The number of carbonyl (C=O) groups is 4. The fourth-order valence-corrected chi connectivity index (χ4v) is 3.35. The molecule has 0 aliphatic heterocycles. The summed E-state index contributed by atoms with van der Waals surface area (Å²) in [5.74, 6) is -3.12. The van der Waals surface area contributed by atoms with E-state index in [4.69, 9.17) is 11.5 Å². The summed E-state index contributed by atoms with van der Waals surface area (Å²) < 4.78 is 0. The summed E-state index contributed by atoms with van der Waals surface area (Å²) in [7, 11) is 0. The summed E-state index contributed by atoms with van der Waals surface area (Å²) >= 11 is 0. The van der Waals surface area contributed by atoms with Crippen LogP contribution in [0.1, 0.15) is 30.5 Å². The molecule has 0 fully saturated rings. The van der Waals surface area contributed by atoms with Crippen molar-refractivity contribution in [3.8, 4) is 5.75 Å². The second-order valence-electron chi connectivity index (χ2n) is 8.28. The van der Waals surface area contributed by atoms with Crippen molar-refractivity contribution in [2.75, 3.05) is 13.1 Å². The molecule has 10 N–H and O–H groups in total. The number of phenolic OH excluding ortho intramolecular Hbond substituents is 1. The quantitative estimate of drug-likeness (QED) is 0.132. The van der Waals surface area contributed by atoms with Crippen molar-refractivity contribution in [3.05, 3.63) is 48.0 Å². The Morgan fingerprint density at radius 3 is 2.33 bits per heavy atom. The number of unbranched alkanes of at least 4 members (excludes halogenated alkanes) is 1. The van der Waals surface area contributed by atoms with E-state index in [2.05, 4.69) is 25.9 Å². The van der Waals surface area contributed by atoms with Gasteiger partial charge in [-0.2, -0.15) is 0 Å². The molecule has 1 heterocycles. The van der Waals surface area contributed by atoms with Crippen molar-refractivity contribution < 1.29 is 29.4 Å². The number of carboxylic acid groups (broad SMARTS) is 1. The molecule has 0 saturated heterocycles. The Morgan fingerprint density at radius 2 is 1.72 bits per heavy atom. The number of amides is 3. The average molecular weight is 504 g/mol. The van der Waals surface area contributed by atoms with Crippen LogP contribution in [0, 0.1) is 0 Å². The molecule has 0 aliphatic rings. The second-order valence-corrected chi connectivity index (χ2v) is 8.28. The summed E-state index contributed by atoms with van der Waals surface area (Å²) in [4.78, 5) is 56.0. The lowest BCUT2D eigenvalue weighted by Crippen LogP contribution is -2.54. The highest BCUT2D eigenvalue weighted by Crippen LogP contribution is 2.12. The lowest BCUT2D eigenvalue weighted by atomic mass is 10.0. The highest BCUT2D eigenvalue weighted by molar-refractivity contribution is 5.92. The van der Waals surface area contributed by atoms with Gasteiger partial charge in [0.1, 0.15) is 17.8 Å². The van der Waals surface area contributed by atoms with Gasteiger partial charge in [-0.1, -0.05) is 18.6 Å². The average Bonchev–Trinajstić information content (AvgIpc) is 3.36. The van der Waals surface area contributed by atoms with Gasteiger partial charge in [0.2, 0.25) is 17.7 Å². The molecule has 0 radical (unpaired) electrons. The molecule has 13 heteroatoms. The van der Waals surface area contributed by atoms with E-state index in [0.29, 0.717) is 30.6 Å². The highest BCUT2D eigenvalue weighted by Gasteiger charge is 2.27. The van der Waals surface area contributed by atoms with Crippen molar-refractivity contribution in [3.63, 3.8) is 0 Å². The first-order valence-corrected chi connectivity index (χ1v) is 11.5. The number of nitrogens with two attached hydrogens (primary N) is 2. The molecule has 0 aliphatic carbocycles. The number of H-pyrrole nitrogens is 1. The van der Waals surface area contributed by atoms with Gasteiger partial charge in [0.05, 0.1) is 18.9 Å². The number of imidazole rings is 1. The third-order valence-electron chi connectivity index (χ3n) is 5.35. The molecule has 13 nitrogen and oxygen atoms in total. The van der Waals surface area contributed by atoms with Crippen LogP contribution in [-0.4, -0.2) is 75.1 Å². The standard InChI is InChI=1S/C23H33N7O6/c24-8-2-1-3-17(25)21(33)27-12-20(32)29-18(9-14-4-6-16(31)7-5-14)22(34)30-19(23(35)36)10-15-11-26-13-28-15/h4-7,11,13,17-19,31H,1-3,8-10,12,24-25H2,(H,26,28)(H,27,33)(H,29,32)(H,30,34)(H,35,36). The highest BCUT2D eigenvalue weighted by atomic mass is 16.4. The molecule has 0 spiro atoms. The summed E-state index contributed by atoms with van der Waals surface area (Å²) in [5, 5.41) is 26.5. The molecule has 2 aromatic rings. The van der Waals surface area contributed by atoms with Crippen LogP contribution < -0.4 is 27.4 Å². The van der Waals surface area contributed by atoms with Gasteiger partial charge >= 0.3 is 5.97 Å². The van der Waals surface area contributed by atoms with E-state index >= 15 is 0 Å². The SMILES string of the molecule is NCCCCC(N)C(=O)NCC(=O)NC(Cc1ccc(O)cc1)C(=O)NC(Cc1cnc[nH]1)C(=O)O. The molecule has 3 amide bonds. The summed E-state index contributed by atoms with van der Waals surface area (Å²) in [6.07, 6.45) is 4.63. The maximum atomic E-state index is 13.0. The first kappa shape index (κ1) is 28.3. The van der Waals surface area contributed by atoms with Gasteiger partial charge in [0.25, 0.3) is 0 Å². The van der Waals surface area contributed by atoms with Crippen LogP contribution in [0.25, 0.3) is 0 Å². The van der Waals surface area contributed by atoms with Gasteiger partial charge in [0, 0.05) is 24.7 Å². The number of nitrogens with zero attached hydrogens (tertiary/aromatic N) is 1. The zero-order valence-corrected chi connectivity index (χ0v) is 19.8. The van der Waals surface area contributed by atoms with E-state index in [9.17, 15) is 29.4 Å². The number of nitrogens with one attached hydrogen (secondary N) is 4. The van der Waals surface area contributed by atoms with Gasteiger partial charge in [-0.3, -0.25) is 14.4 Å². The topological polar surface area (TPSA) is 226 Å². The monoisotopic (exact) mass is 503 g/mol. The molecule has 0 saturated carbocycles. The van der Waals surface area contributed by atoms with Crippen LogP contribution in [0.2, 0.25) is 0 Å². The van der Waals surface area contributed by atoms with Crippen molar-refractivity contribution >= 4 is 23.7 Å². The molecule has 2 rings (SSSR count). The lowest BCUT2D eigenvalue weighted by Gasteiger charge is -2.22. The minimum atomic E-state index is -1.27. The van der Waals surface area contributed by atoms with Crippen molar-refractivity contribution in [2.45, 2.75) is 50.2 Å². The number of carboxylic acids is 1. The van der Waals surface area contributed by atoms with E-state index in [1.54, 1.807) is 12.1 Å². The molecule has 1 aromatic heterocycles. The first-order valence-electron chi connectivity index (χ1n) is 11.5. The molecule has 3 atom stereocenters. The first-order chi connectivity index (χ1) is 17.2. The van der Waals surface area contributed by atoms with Crippen molar-refractivity contribution in [1.29, 1.82) is 0 Å². The van der Waals surface area contributed by atoms with Crippen molar-refractivity contribution in [2.24, 2.45) is 11.5 Å². The number of hydrogen-bond acceptors (Lipinski definition) is 8. The van der Waals surface area contributed by atoms with Crippen LogP contribution in [0.4, 0.5) is 0 Å². The van der Waals surface area contributed by atoms with Crippen LogP contribution >= 0.6 is 0 Å².